The Bertz CT molecular complexity index is 2050. The number of carbonyl (C=O) groups excluding carboxylic acids is 3. The monoisotopic (exact) mass is 957 g/mol. The molecule has 1 fully saturated rings. The minimum absolute atomic E-state index is 0.0296. The Labute approximate surface area is 361 Å². The molecule has 3 heterocycles. The number of phosphoric ester groups is 3. The van der Waals surface area contributed by atoms with Gasteiger partial charge in [-0.3, -0.25) is 32.5 Å². The van der Waals surface area contributed by atoms with Gasteiger partial charge in [-0.1, -0.05) is 81.8 Å². The van der Waals surface area contributed by atoms with Gasteiger partial charge in [0.2, 0.25) is 11.8 Å². The maximum Gasteiger partial charge on any atom is 0.481 e. The molecule has 1 aliphatic heterocycles. The van der Waals surface area contributed by atoms with Gasteiger partial charge in [-0.05, 0) is 12.8 Å². The maximum atomic E-state index is 12.7. The Morgan fingerprint density at radius 1 is 1.00 bits per heavy atom. The number of fused-ring (bicyclic) bond motifs is 1. The van der Waals surface area contributed by atoms with E-state index in [0.717, 1.165) is 41.8 Å². The third-order valence-electron chi connectivity index (χ3n) is 8.63. The van der Waals surface area contributed by atoms with Gasteiger partial charge in [-0.2, -0.15) is 4.31 Å². The maximum absolute atomic E-state index is 12.7. The summed E-state index contributed by atoms with van der Waals surface area (Å²) in [6.07, 6.45) is 9.19. The van der Waals surface area contributed by atoms with Gasteiger partial charge < -0.3 is 50.9 Å². The number of nitrogens with two attached hydrogens (primary N) is 1. The summed E-state index contributed by atoms with van der Waals surface area (Å²) in [5, 5.41) is 26.4. The van der Waals surface area contributed by atoms with Crippen LogP contribution in [0.3, 0.4) is 0 Å². The Morgan fingerprint density at radius 3 is 2.39 bits per heavy atom. The Morgan fingerprint density at radius 2 is 1.69 bits per heavy atom. The molecule has 348 valence electrons. The first-order valence-corrected chi connectivity index (χ1v) is 24.6. The number of nitrogens with one attached hydrogen (secondary N) is 2. The molecule has 0 saturated carbocycles. The van der Waals surface area contributed by atoms with Gasteiger partial charge in [0, 0.05) is 37.1 Å². The smallest absolute Gasteiger partial charge is 0.386 e. The number of unbranched alkanes of at least 4 members (excludes halogenated alkanes) is 3. The van der Waals surface area contributed by atoms with Crippen LogP contribution in [0.2, 0.25) is 0 Å². The average Bonchev–Trinajstić information content (AvgIpc) is 3.75. The second-order valence-electron chi connectivity index (χ2n) is 14.2. The van der Waals surface area contributed by atoms with Crippen molar-refractivity contribution in [2.75, 3.05) is 37.8 Å². The Balaban J connectivity index is 1.40. The SMILES string of the molecule is CCCCC/C=C/C=C/C=C/CC(=O)SCCNC(=O)CCNC(=O)C(O)C(C)(C)COP(=O)(O)OP(=O)(O)OCC1OC(n2cnc3c(N)ncnc32)C(O)C1OP(=O)(O)O. The van der Waals surface area contributed by atoms with Crippen molar-refractivity contribution >= 4 is 69.1 Å². The van der Waals surface area contributed by atoms with E-state index in [-0.39, 0.29) is 48.0 Å². The molecule has 0 radical (unpaired) electrons. The molecule has 1 aliphatic rings. The summed E-state index contributed by atoms with van der Waals surface area (Å²) < 4.78 is 62.3. The zero-order chi connectivity index (χ0) is 46.1. The topological polar surface area (TPSA) is 364 Å². The van der Waals surface area contributed by atoms with Crippen LogP contribution in [-0.2, 0) is 50.7 Å². The van der Waals surface area contributed by atoms with Crippen molar-refractivity contribution in [3.63, 3.8) is 0 Å². The Hall–Kier alpha value is -3.22. The van der Waals surface area contributed by atoms with E-state index >= 15 is 0 Å². The molecular formula is C34H54N7O17P3S. The van der Waals surface area contributed by atoms with Crippen LogP contribution in [0, 0.1) is 5.41 Å². The number of carbonyl (C=O) groups is 3. The first kappa shape index (κ1) is 53.1. The van der Waals surface area contributed by atoms with Crippen molar-refractivity contribution in [3.8, 4) is 0 Å². The first-order valence-electron chi connectivity index (χ1n) is 19.1. The second-order valence-corrected chi connectivity index (χ2v) is 19.6. The van der Waals surface area contributed by atoms with Gasteiger partial charge in [-0.15, -0.1) is 0 Å². The summed E-state index contributed by atoms with van der Waals surface area (Å²) in [5.74, 6) is -1.13. The number of nitrogens with zero attached hydrogens (tertiary/aromatic N) is 4. The lowest BCUT2D eigenvalue weighted by atomic mass is 9.87. The normalized spacial score (nSPS) is 21.1. The van der Waals surface area contributed by atoms with Crippen molar-refractivity contribution in [3.05, 3.63) is 49.1 Å². The summed E-state index contributed by atoms with van der Waals surface area (Å²) in [7, 11) is -16.4. The number of hydrogen-bond acceptors (Lipinski definition) is 18. The van der Waals surface area contributed by atoms with E-state index in [1.165, 1.54) is 26.7 Å². The zero-order valence-corrected chi connectivity index (χ0v) is 37.6. The average molecular weight is 958 g/mol. The molecule has 2 amide bonds. The van der Waals surface area contributed by atoms with Crippen molar-refractivity contribution in [1.82, 2.24) is 30.2 Å². The third-order valence-corrected chi connectivity index (χ3v) is 12.6. The summed E-state index contributed by atoms with van der Waals surface area (Å²) >= 11 is 1.06. The highest BCUT2D eigenvalue weighted by atomic mass is 32.2. The molecule has 28 heteroatoms. The Kier molecular flexibility index (Phi) is 21.2. The molecule has 7 atom stereocenters. The largest absolute Gasteiger partial charge is 0.481 e. The highest BCUT2D eigenvalue weighted by molar-refractivity contribution is 8.13. The number of aliphatic hydroxyl groups is 2. The first-order chi connectivity index (χ1) is 29.1. The van der Waals surface area contributed by atoms with Gasteiger partial charge in [0.05, 0.1) is 19.5 Å². The molecule has 0 spiro atoms. The number of hydrogen-bond donors (Lipinski definition) is 9. The molecule has 0 aromatic carbocycles. The van der Waals surface area contributed by atoms with E-state index in [4.69, 9.17) is 19.5 Å². The van der Waals surface area contributed by atoms with E-state index in [1.54, 1.807) is 12.2 Å². The summed E-state index contributed by atoms with van der Waals surface area (Å²) in [5.41, 5.74) is 4.26. The van der Waals surface area contributed by atoms with Crippen molar-refractivity contribution in [2.24, 2.45) is 5.41 Å². The van der Waals surface area contributed by atoms with Gasteiger partial charge in [-0.25, -0.2) is 28.6 Å². The van der Waals surface area contributed by atoms with Crippen LogP contribution in [-0.4, -0.2) is 123 Å². The van der Waals surface area contributed by atoms with Crippen molar-refractivity contribution in [2.45, 2.75) is 89.9 Å². The standard InChI is InChI=1S/C34H54N7O17P3S/c1-4-5-6-7-8-9-10-11-12-13-14-25(43)62-18-17-36-24(42)15-16-37-32(46)29(45)34(2,3)20-55-61(52,53)58-60(50,51)54-19-23-28(57-59(47,48)49)27(44)33(56-23)41-22-40-26-30(35)38-21-39-31(26)41/h8-13,21-23,27-29,33,44-45H,4-7,14-20H2,1-3H3,(H,36,42)(H,37,46)(H,50,51)(H,52,53)(H2,35,38,39)(H2,47,48,49)/b9-8+,11-10+,13-12+. The number of aromatic nitrogens is 4. The predicted octanol–water partition coefficient (Wildman–Crippen LogP) is 2.30. The number of aliphatic hydroxyl groups excluding tert-OH is 2. The van der Waals surface area contributed by atoms with E-state index in [0.29, 0.717) is 5.75 Å². The number of thioether (sulfide) groups is 1. The fourth-order valence-electron chi connectivity index (χ4n) is 5.41. The van der Waals surface area contributed by atoms with Crippen LogP contribution in [0.5, 0.6) is 0 Å². The minimum atomic E-state index is -5.58. The number of ether oxygens (including phenoxy) is 1. The van der Waals surface area contributed by atoms with Crippen molar-refractivity contribution in [1.29, 1.82) is 0 Å². The summed E-state index contributed by atoms with van der Waals surface area (Å²) in [4.78, 5) is 87.9. The number of imidazole rings is 1. The highest BCUT2D eigenvalue weighted by Gasteiger charge is 2.50. The molecule has 62 heavy (non-hydrogen) atoms. The molecule has 24 nitrogen and oxygen atoms in total. The molecule has 10 N–H and O–H groups in total. The zero-order valence-electron chi connectivity index (χ0n) is 34.1. The van der Waals surface area contributed by atoms with Crippen molar-refractivity contribution < 1.29 is 80.5 Å². The predicted molar refractivity (Wildman–Crippen MR) is 223 cm³/mol. The van der Waals surface area contributed by atoms with E-state index < -0.39 is 84.6 Å². The molecule has 0 aliphatic carbocycles. The van der Waals surface area contributed by atoms with E-state index in [9.17, 15) is 57.9 Å². The van der Waals surface area contributed by atoms with E-state index in [2.05, 4.69) is 47.4 Å². The molecule has 2 aromatic heterocycles. The van der Waals surface area contributed by atoms with Crippen LogP contribution < -0.4 is 16.4 Å². The van der Waals surface area contributed by atoms with Gasteiger partial charge in [0.15, 0.2) is 22.8 Å². The van der Waals surface area contributed by atoms with Crippen LogP contribution in [0.4, 0.5) is 5.82 Å². The summed E-state index contributed by atoms with van der Waals surface area (Å²) in [6, 6.07) is 0. The molecule has 2 aromatic rings. The number of allylic oxidation sites excluding steroid dienone is 6. The van der Waals surface area contributed by atoms with Crippen LogP contribution in [0.25, 0.3) is 11.2 Å². The minimum Gasteiger partial charge on any atom is -0.386 e. The molecule has 1 saturated heterocycles. The quantitative estimate of drug-likeness (QED) is 0.0352. The molecular weight excluding hydrogens is 903 g/mol. The number of phosphoric acid groups is 3. The third kappa shape index (κ3) is 18.1. The van der Waals surface area contributed by atoms with Crippen LogP contribution in [0.1, 0.15) is 65.5 Å². The molecule has 3 rings (SSSR count). The van der Waals surface area contributed by atoms with Gasteiger partial charge in [0.1, 0.15) is 36.3 Å². The van der Waals surface area contributed by atoms with Gasteiger partial charge >= 0.3 is 23.5 Å². The number of nitrogen functional groups attached to an aromatic ring is 1. The van der Waals surface area contributed by atoms with Gasteiger partial charge in [0.25, 0.3) is 0 Å². The lowest BCUT2D eigenvalue weighted by Crippen LogP contribution is -2.46. The number of anilines is 1. The lowest BCUT2D eigenvalue weighted by Gasteiger charge is -2.30. The number of amides is 2. The van der Waals surface area contributed by atoms with Crippen LogP contribution >= 0.6 is 35.2 Å². The fourth-order valence-corrected chi connectivity index (χ4v) is 8.89. The number of rotatable bonds is 27. The van der Waals surface area contributed by atoms with Crippen LogP contribution in [0.15, 0.2) is 49.1 Å². The fraction of sp³-hybridized carbons (Fsp3) is 0.588. The lowest BCUT2D eigenvalue weighted by molar-refractivity contribution is -0.137. The second kappa shape index (κ2) is 24.7. The molecule has 7 unspecified atom stereocenters. The van der Waals surface area contributed by atoms with E-state index in [1.807, 2.05) is 18.2 Å². The summed E-state index contributed by atoms with van der Waals surface area (Å²) in [6.45, 7) is 2.63. The molecule has 0 bridgehead atoms. The highest BCUT2D eigenvalue weighted by Crippen LogP contribution is 2.61.